The van der Waals surface area contributed by atoms with Gasteiger partial charge in [-0.05, 0) is 47.4 Å². The largest absolute Gasteiger partial charge is 0.508 e. The zero-order valence-corrected chi connectivity index (χ0v) is 21.4. The van der Waals surface area contributed by atoms with Crippen LogP contribution in [-0.2, 0) is 16.0 Å². The Bertz CT molecular complexity index is 1610. The van der Waals surface area contributed by atoms with E-state index in [0.717, 1.165) is 27.8 Å². The van der Waals surface area contributed by atoms with Crippen LogP contribution in [-0.4, -0.2) is 36.8 Å². The number of phenolic OH excluding ortho intramolecular Hbond substituents is 1. The monoisotopic (exact) mass is 522 g/mol. The molecule has 3 aromatic carbocycles. The maximum absolute atomic E-state index is 12.0. The van der Waals surface area contributed by atoms with Crippen molar-refractivity contribution in [3.63, 3.8) is 0 Å². The van der Waals surface area contributed by atoms with Crippen molar-refractivity contribution >= 4 is 11.4 Å². The van der Waals surface area contributed by atoms with Gasteiger partial charge in [-0.15, -0.1) is 0 Å². The number of fused-ring (bicyclic) bond motifs is 2. The third-order valence-electron chi connectivity index (χ3n) is 7.16. The number of carbonyl (C=O) groups excluding carboxylic acids is 1. The highest BCUT2D eigenvalue weighted by Gasteiger charge is 2.30. The summed E-state index contributed by atoms with van der Waals surface area (Å²) in [5.41, 5.74) is 5.04. The van der Waals surface area contributed by atoms with Crippen LogP contribution in [0.3, 0.4) is 0 Å². The number of carbonyl (C=O) groups is 1. The second-order valence-electron chi connectivity index (χ2n) is 9.50. The predicted octanol–water partition coefficient (Wildman–Crippen LogP) is 5.75. The van der Waals surface area contributed by atoms with Gasteiger partial charge >= 0.3 is 0 Å². The number of ketones is 1. The number of methoxy groups -OCH3 is 2. The number of benzene rings is 3. The smallest absolute Gasteiger partial charge is 0.223 e. The fourth-order valence-corrected chi connectivity index (χ4v) is 5.16. The van der Waals surface area contributed by atoms with Crippen molar-refractivity contribution in [1.29, 1.82) is 0 Å². The number of aliphatic hydroxyl groups is 1. The zero-order valence-electron chi connectivity index (χ0n) is 21.4. The van der Waals surface area contributed by atoms with Crippen molar-refractivity contribution < 1.29 is 34.0 Å². The van der Waals surface area contributed by atoms with E-state index in [9.17, 15) is 15.0 Å². The molecule has 2 aliphatic heterocycles. The zero-order chi connectivity index (χ0) is 27.1. The van der Waals surface area contributed by atoms with Gasteiger partial charge in [0.25, 0.3) is 0 Å². The Balaban J connectivity index is 1.45. The van der Waals surface area contributed by atoms with Crippen LogP contribution in [0.15, 0.2) is 102 Å². The van der Waals surface area contributed by atoms with Gasteiger partial charge in [0, 0.05) is 35.3 Å². The number of phenols is 1. The van der Waals surface area contributed by atoms with Crippen molar-refractivity contribution in [3.05, 3.63) is 124 Å². The molecule has 7 nitrogen and oxygen atoms in total. The molecule has 1 atom stereocenters. The summed E-state index contributed by atoms with van der Waals surface area (Å²) in [5.74, 6) is 1.86. The van der Waals surface area contributed by atoms with Crippen LogP contribution in [0.4, 0.5) is 0 Å². The molecule has 39 heavy (non-hydrogen) atoms. The molecule has 0 unspecified atom stereocenters. The number of rotatable bonds is 4. The summed E-state index contributed by atoms with van der Waals surface area (Å²) in [4.78, 5) is 12.0. The minimum Gasteiger partial charge on any atom is -0.508 e. The van der Waals surface area contributed by atoms with Gasteiger partial charge < -0.3 is 29.2 Å². The topological polar surface area (TPSA) is 94.5 Å². The molecule has 7 heteroatoms. The summed E-state index contributed by atoms with van der Waals surface area (Å²) >= 11 is 0. The normalized spacial score (nSPS) is 19.9. The van der Waals surface area contributed by atoms with Crippen LogP contribution in [0.1, 0.15) is 28.2 Å². The Morgan fingerprint density at radius 3 is 2.46 bits per heavy atom. The van der Waals surface area contributed by atoms with Gasteiger partial charge in [0.1, 0.15) is 34.5 Å². The lowest BCUT2D eigenvalue weighted by Gasteiger charge is -2.30. The highest BCUT2D eigenvalue weighted by atomic mass is 16.5. The van der Waals surface area contributed by atoms with E-state index < -0.39 is 5.78 Å². The van der Waals surface area contributed by atoms with Gasteiger partial charge in [0.2, 0.25) is 5.78 Å². The maximum atomic E-state index is 12.0. The number of ether oxygens (including phenoxy) is 4. The molecule has 0 amide bonds. The molecule has 2 N–H and O–H groups in total. The molecule has 0 aromatic heterocycles. The molecule has 0 spiro atoms. The molecule has 0 saturated heterocycles. The molecule has 0 saturated carbocycles. The molecule has 2 heterocycles. The molecule has 0 fully saturated rings. The molecule has 3 aromatic rings. The van der Waals surface area contributed by atoms with E-state index >= 15 is 0 Å². The van der Waals surface area contributed by atoms with Crippen LogP contribution in [0.2, 0.25) is 0 Å². The Labute approximate surface area is 225 Å². The van der Waals surface area contributed by atoms with Crippen LogP contribution >= 0.6 is 0 Å². The van der Waals surface area contributed by atoms with Crippen molar-refractivity contribution in [2.45, 2.75) is 12.3 Å². The van der Waals surface area contributed by atoms with E-state index in [0.29, 0.717) is 47.4 Å². The maximum Gasteiger partial charge on any atom is 0.223 e. The van der Waals surface area contributed by atoms with E-state index in [2.05, 4.69) is 6.07 Å². The Morgan fingerprint density at radius 2 is 1.72 bits per heavy atom. The highest BCUT2D eigenvalue weighted by molar-refractivity contribution is 6.05. The van der Waals surface area contributed by atoms with E-state index in [-0.39, 0.29) is 17.4 Å². The number of aliphatic hydroxyl groups excluding tert-OH is 1. The summed E-state index contributed by atoms with van der Waals surface area (Å²) in [7, 11) is 3.04. The lowest BCUT2D eigenvalue weighted by atomic mass is 9.86. The molecule has 1 aliphatic carbocycles. The van der Waals surface area contributed by atoms with Crippen LogP contribution < -0.4 is 14.2 Å². The quantitative estimate of drug-likeness (QED) is 0.450. The summed E-state index contributed by atoms with van der Waals surface area (Å²) in [6.07, 6.45) is 5.18. The third-order valence-corrected chi connectivity index (χ3v) is 7.16. The number of allylic oxidation sites excluding steroid dienone is 3. The minimum atomic E-state index is -0.528. The molecule has 0 bridgehead atoms. The first-order chi connectivity index (χ1) is 18.9. The van der Waals surface area contributed by atoms with Crippen molar-refractivity contribution in [2.24, 2.45) is 0 Å². The molecule has 196 valence electrons. The van der Waals surface area contributed by atoms with E-state index in [1.165, 1.54) is 19.3 Å². The molecular weight excluding hydrogens is 496 g/mol. The van der Waals surface area contributed by atoms with E-state index in [4.69, 9.17) is 18.9 Å². The number of hydrogen-bond donors (Lipinski definition) is 2. The number of hydrogen-bond acceptors (Lipinski definition) is 7. The predicted molar refractivity (Wildman–Crippen MR) is 145 cm³/mol. The SMILES string of the molecule is COC1=CC(=O)C(O)=CC1=C1C=C(c2ccccc2)c2cc3c(cc2O1)OC[C@@H](c1ccc(OC)cc1O)C3. The van der Waals surface area contributed by atoms with Crippen molar-refractivity contribution in [1.82, 2.24) is 0 Å². The molecule has 6 rings (SSSR count). The van der Waals surface area contributed by atoms with Gasteiger partial charge in [-0.25, -0.2) is 0 Å². The second-order valence-corrected chi connectivity index (χ2v) is 9.50. The Morgan fingerprint density at radius 1 is 0.897 bits per heavy atom. The van der Waals surface area contributed by atoms with Crippen LogP contribution in [0.25, 0.3) is 5.57 Å². The summed E-state index contributed by atoms with van der Waals surface area (Å²) in [5, 5.41) is 20.8. The first-order valence-electron chi connectivity index (χ1n) is 12.5. The van der Waals surface area contributed by atoms with Gasteiger partial charge in [0.15, 0.2) is 5.76 Å². The lowest BCUT2D eigenvalue weighted by molar-refractivity contribution is -0.113. The van der Waals surface area contributed by atoms with E-state index in [1.54, 1.807) is 13.2 Å². The highest BCUT2D eigenvalue weighted by Crippen LogP contribution is 2.45. The second kappa shape index (κ2) is 9.76. The van der Waals surface area contributed by atoms with Crippen molar-refractivity contribution in [3.8, 4) is 23.0 Å². The van der Waals surface area contributed by atoms with Gasteiger partial charge in [-0.3, -0.25) is 4.79 Å². The third kappa shape index (κ3) is 4.42. The van der Waals surface area contributed by atoms with Crippen molar-refractivity contribution in [2.75, 3.05) is 20.8 Å². The molecular formula is C32H26O7. The average molecular weight is 523 g/mol. The molecule has 0 radical (unpaired) electrons. The lowest BCUT2D eigenvalue weighted by Crippen LogP contribution is -2.20. The van der Waals surface area contributed by atoms with E-state index in [1.807, 2.05) is 54.6 Å². The average Bonchev–Trinajstić information content (AvgIpc) is 2.96. The standard InChI is InChI=1S/C32H26O7/c1-36-21-8-9-22(26(33)12-21)20-10-19-11-24-23(18-6-4-3-5-7-18)14-31(39-32(24)16-29(19)38-17-20)25-13-27(34)28(35)15-30(25)37-2/h3-9,11-16,20,33-34H,10,17H2,1-2H3/t20-/m0/s1. The van der Waals surface area contributed by atoms with Crippen LogP contribution in [0.5, 0.6) is 23.0 Å². The van der Waals surface area contributed by atoms with Crippen LogP contribution in [0, 0.1) is 0 Å². The minimum absolute atomic E-state index is 0.0323. The Hall–Kier alpha value is -4.91. The first kappa shape index (κ1) is 24.4. The number of aromatic hydroxyl groups is 1. The fourth-order valence-electron chi connectivity index (χ4n) is 5.16. The summed E-state index contributed by atoms with van der Waals surface area (Å²) in [6, 6.07) is 19.2. The summed E-state index contributed by atoms with van der Waals surface area (Å²) < 4.78 is 23.2. The van der Waals surface area contributed by atoms with Gasteiger partial charge in [-0.2, -0.15) is 0 Å². The van der Waals surface area contributed by atoms with Gasteiger partial charge in [-0.1, -0.05) is 36.4 Å². The fraction of sp³-hybridized carbons (Fsp3) is 0.156. The summed E-state index contributed by atoms with van der Waals surface area (Å²) in [6.45, 7) is 0.399. The Kier molecular flexibility index (Phi) is 6.11. The van der Waals surface area contributed by atoms with Gasteiger partial charge in [0.05, 0.1) is 26.4 Å². The molecule has 3 aliphatic rings. The first-order valence-corrected chi connectivity index (χ1v) is 12.5.